The molecule has 1 aliphatic rings. The topological polar surface area (TPSA) is 24.9 Å². The minimum absolute atomic E-state index is 0.0303. The zero-order valence-electron chi connectivity index (χ0n) is 10.3. The lowest BCUT2D eigenvalue weighted by atomic mass is 9.78. The highest BCUT2D eigenvalue weighted by atomic mass is 79.9. The van der Waals surface area contributed by atoms with Crippen LogP contribution in [0, 0.1) is 5.92 Å². The molecule has 0 amide bonds. The number of pyridine rings is 1. The van der Waals surface area contributed by atoms with Crippen molar-refractivity contribution in [2.45, 2.75) is 38.1 Å². The van der Waals surface area contributed by atoms with Crippen molar-refractivity contribution >= 4 is 44.9 Å². The summed E-state index contributed by atoms with van der Waals surface area (Å²) in [5, 5.41) is 4.14. The molecule has 2 rings (SSSR count). The van der Waals surface area contributed by atoms with E-state index in [2.05, 4.69) is 33.2 Å². The van der Waals surface area contributed by atoms with E-state index in [1.54, 1.807) is 6.20 Å². The van der Waals surface area contributed by atoms with E-state index in [1.165, 1.54) is 12.8 Å². The van der Waals surface area contributed by atoms with Crippen LogP contribution in [-0.2, 0) is 0 Å². The third kappa shape index (κ3) is 3.31. The number of anilines is 1. The van der Waals surface area contributed by atoms with Gasteiger partial charge in [0.05, 0.1) is 15.0 Å². The average molecular weight is 352 g/mol. The van der Waals surface area contributed by atoms with E-state index in [1.807, 2.05) is 6.07 Å². The summed E-state index contributed by atoms with van der Waals surface area (Å²) in [5.74, 6) is 2.23. The van der Waals surface area contributed by atoms with Gasteiger partial charge in [-0.1, -0.05) is 18.5 Å². The van der Waals surface area contributed by atoms with Gasteiger partial charge >= 0.3 is 0 Å². The maximum Gasteiger partial charge on any atom is 0.140 e. The van der Waals surface area contributed by atoms with Crippen molar-refractivity contribution in [2.75, 3.05) is 11.2 Å². The van der Waals surface area contributed by atoms with Crippen molar-refractivity contribution < 1.29 is 0 Å². The smallest absolute Gasteiger partial charge is 0.140 e. The van der Waals surface area contributed by atoms with Crippen molar-refractivity contribution in [3.8, 4) is 0 Å². The van der Waals surface area contributed by atoms with Gasteiger partial charge in [0.15, 0.2) is 0 Å². The number of nitrogens with one attached hydrogen (secondary N) is 1. The summed E-state index contributed by atoms with van der Waals surface area (Å²) in [6, 6.07) is 1.85. The molecule has 0 aromatic carbocycles. The van der Waals surface area contributed by atoms with E-state index in [9.17, 15) is 0 Å². The molecule has 1 heterocycles. The molecule has 0 radical (unpaired) electrons. The average Bonchev–Trinajstić information content (AvgIpc) is 2.36. The number of rotatable bonds is 3. The number of hydrogen-bond acceptors (Lipinski definition) is 2. The number of nitrogens with zero attached hydrogens (tertiary/aromatic N) is 1. The van der Waals surface area contributed by atoms with Gasteiger partial charge in [0.25, 0.3) is 0 Å². The van der Waals surface area contributed by atoms with Gasteiger partial charge in [-0.05, 0) is 53.6 Å². The molecule has 18 heavy (non-hydrogen) atoms. The molecule has 1 N–H and O–H groups in total. The summed E-state index contributed by atoms with van der Waals surface area (Å²) in [6.45, 7) is 2.30. The molecule has 1 aromatic heterocycles. The molecule has 0 aliphatic heterocycles. The van der Waals surface area contributed by atoms with Crippen LogP contribution in [0.5, 0.6) is 0 Å². The van der Waals surface area contributed by atoms with Crippen LogP contribution >= 0.6 is 39.1 Å². The Morgan fingerprint density at radius 1 is 1.50 bits per heavy atom. The first-order chi connectivity index (χ1) is 8.54. The fourth-order valence-corrected chi connectivity index (χ4v) is 3.44. The van der Waals surface area contributed by atoms with Crippen LogP contribution in [0.3, 0.4) is 0 Å². The Bertz CT molecular complexity index is 417. The SMILES string of the molecule is CC1CCC(CCl)(Nc2ncc(Cl)cc2Br)CC1. The summed E-state index contributed by atoms with van der Waals surface area (Å²) < 4.78 is 0.887. The molecule has 0 bridgehead atoms. The van der Waals surface area contributed by atoms with E-state index in [0.29, 0.717) is 10.9 Å². The fourth-order valence-electron chi connectivity index (χ4n) is 2.36. The molecule has 0 saturated heterocycles. The Balaban J connectivity index is 2.15. The zero-order valence-corrected chi connectivity index (χ0v) is 13.4. The Hall–Kier alpha value is 0.01000. The van der Waals surface area contributed by atoms with Gasteiger partial charge in [0, 0.05) is 12.1 Å². The van der Waals surface area contributed by atoms with Crippen LogP contribution in [0.1, 0.15) is 32.6 Å². The van der Waals surface area contributed by atoms with Crippen molar-refractivity contribution in [2.24, 2.45) is 5.92 Å². The molecule has 1 fully saturated rings. The lowest BCUT2D eigenvalue weighted by molar-refractivity contribution is 0.286. The third-order valence-corrected chi connectivity index (χ3v) is 5.00. The number of aromatic nitrogens is 1. The fraction of sp³-hybridized carbons (Fsp3) is 0.615. The van der Waals surface area contributed by atoms with Gasteiger partial charge in [0.1, 0.15) is 5.82 Å². The van der Waals surface area contributed by atoms with E-state index < -0.39 is 0 Å². The lowest BCUT2D eigenvalue weighted by Crippen LogP contribution is -2.43. The van der Waals surface area contributed by atoms with Gasteiger partial charge in [0.2, 0.25) is 0 Å². The summed E-state index contributed by atoms with van der Waals surface area (Å²) in [4.78, 5) is 4.34. The standard InChI is InChI=1S/C13H17BrCl2N2/c1-9-2-4-13(8-15,5-3-9)18-12-11(14)6-10(16)7-17-12/h6-7,9H,2-5,8H2,1H3,(H,17,18). The van der Waals surface area contributed by atoms with E-state index in [0.717, 1.165) is 29.1 Å². The largest absolute Gasteiger partial charge is 0.362 e. The minimum Gasteiger partial charge on any atom is -0.362 e. The molecule has 100 valence electrons. The van der Waals surface area contributed by atoms with Crippen molar-refractivity contribution in [1.82, 2.24) is 4.98 Å². The maximum atomic E-state index is 6.19. The monoisotopic (exact) mass is 350 g/mol. The van der Waals surface area contributed by atoms with Crippen LogP contribution in [0.4, 0.5) is 5.82 Å². The van der Waals surface area contributed by atoms with Gasteiger partial charge in [-0.2, -0.15) is 0 Å². The number of alkyl halides is 1. The van der Waals surface area contributed by atoms with Crippen LogP contribution < -0.4 is 5.32 Å². The van der Waals surface area contributed by atoms with Crippen molar-refractivity contribution in [1.29, 1.82) is 0 Å². The lowest BCUT2D eigenvalue weighted by Gasteiger charge is -2.39. The predicted molar refractivity (Wildman–Crippen MR) is 81.7 cm³/mol. The first kappa shape index (κ1) is 14.4. The summed E-state index contributed by atoms with van der Waals surface area (Å²) in [6.07, 6.45) is 6.26. The Morgan fingerprint density at radius 3 is 2.72 bits per heavy atom. The quantitative estimate of drug-likeness (QED) is 0.766. The highest BCUT2D eigenvalue weighted by Gasteiger charge is 2.34. The Kier molecular flexibility index (Phi) is 4.79. The molecule has 1 aliphatic carbocycles. The molecule has 0 unspecified atom stereocenters. The van der Waals surface area contributed by atoms with Gasteiger partial charge in [-0.25, -0.2) is 4.98 Å². The molecular formula is C13H17BrCl2N2. The molecular weight excluding hydrogens is 335 g/mol. The first-order valence-corrected chi connectivity index (χ1v) is 7.90. The second-order valence-corrected chi connectivity index (χ2v) is 6.76. The molecule has 0 atom stereocenters. The zero-order chi connectivity index (χ0) is 13.2. The highest BCUT2D eigenvalue weighted by Crippen LogP contribution is 2.36. The number of halogens is 3. The van der Waals surface area contributed by atoms with Gasteiger partial charge in [-0.3, -0.25) is 0 Å². The molecule has 1 aromatic rings. The molecule has 1 saturated carbocycles. The summed E-state index contributed by atoms with van der Waals surface area (Å²) in [7, 11) is 0. The van der Waals surface area contributed by atoms with Crippen LogP contribution in [0.25, 0.3) is 0 Å². The van der Waals surface area contributed by atoms with E-state index in [-0.39, 0.29) is 5.54 Å². The molecule has 2 nitrogen and oxygen atoms in total. The molecule has 0 spiro atoms. The van der Waals surface area contributed by atoms with Crippen LogP contribution in [0.15, 0.2) is 16.7 Å². The summed E-state index contributed by atoms with van der Waals surface area (Å²) >= 11 is 15.6. The number of hydrogen-bond donors (Lipinski definition) is 1. The van der Waals surface area contributed by atoms with Crippen molar-refractivity contribution in [3.63, 3.8) is 0 Å². The van der Waals surface area contributed by atoms with Crippen molar-refractivity contribution in [3.05, 3.63) is 21.8 Å². The second kappa shape index (κ2) is 5.98. The maximum absolute atomic E-state index is 6.19. The van der Waals surface area contributed by atoms with Crippen LogP contribution in [-0.4, -0.2) is 16.4 Å². The van der Waals surface area contributed by atoms with Crippen LogP contribution in [0.2, 0.25) is 5.02 Å². The Labute approximate surface area is 127 Å². The highest BCUT2D eigenvalue weighted by molar-refractivity contribution is 9.10. The van der Waals surface area contributed by atoms with Gasteiger partial charge in [-0.15, -0.1) is 11.6 Å². The summed E-state index contributed by atoms with van der Waals surface area (Å²) in [5.41, 5.74) is -0.0303. The predicted octanol–water partition coefficient (Wildman–Crippen LogP) is 5.10. The minimum atomic E-state index is -0.0303. The normalized spacial score (nSPS) is 28.1. The van der Waals surface area contributed by atoms with E-state index >= 15 is 0 Å². The Morgan fingerprint density at radius 2 is 2.17 bits per heavy atom. The molecule has 5 heteroatoms. The first-order valence-electron chi connectivity index (χ1n) is 6.20. The second-order valence-electron chi connectivity index (χ2n) is 5.21. The van der Waals surface area contributed by atoms with E-state index in [4.69, 9.17) is 23.2 Å². The third-order valence-electron chi connectivity index (χ3n) is 3.68. The van der Waals surface area contributed by atoms with Gasteiger partial charge < -0.3 is 5.32 Å².